The van der Waals surface area contributed by atoms with E-state index in [0.717, 1.165) is 30.8 Å². The third kappa shape index (κ3) is 3.72. The van der Waals surface area contributed by atoms with Crippen molar-refractivity contribution in [2.45, 2.75) is 19.4 Å². The maximum Gasteiger partial charge on any atom is 0.341 e. The average molecular weight is 400 g/mol. The molecule has 0 radical (unpaired) electrons. The number of carbonyl (C=O) groups excluding carboxylic acids is 1. The molecule has 1 aromatic carbocycles. The molecule has 28 heavy (non-hydrogen) atoms. The summed E-state index contributed by atoms with van der Waals surface area (Å²) < 4.78 is 10.8. The van der Waals surface area contributed by atoms with Crippen LogP contribution in [0.5, 0.6) is 0 Å². The standard InChI is InChI=1S/C18H16N4O5S/c23-18(26-11-16-19-20-17(27-16)15-4-3-9-28-15)13-10-12(22(24)25)5-6-14(13)21-7-1-2-8-21/h3-6,9-10H,1-2,7-8,11H2. The molecule has 1 fully saturated rings. The molecular weight excluding hydrogens is 384 g/mol. The zero-order valence-electron chi connectivity index (χ0n) is 14.7. The lowest BCUT2D eigenvalue weighted by Crippen LogP contribution is -2.21. The van der Waals surface area contributed by atoms with Gasteiger partial charge in [-0.25, -0.2) is 4.79 Å². The van der Waals surface area contributed by atoms with Crippen molar-refractivity contribution in [3.8, 4) is 10.8 Å². The van der Waals surface area contributed by atoms with Crippen LogP contribution in [-0.2, 0) is 11.3 Å². The number of non-ortho nitro benzene ring substituents is 1. The maximum atomic E-state index is 12.6. The van der Waals surface area contributed by atoms with Crippen molar-refractivity contribution in [3.63, 3.8) is 0 Å². The van der Waals surface area contributed by atoms with Gasteiger partial charge in [0.2, 0.25) is 0 Å². The monoisotopic (exact) mass is 400 g/mol. The van der Waals surface area contributed by atoms with Crippen molar-refractivity contribution in [1.82, 2.24) is 10.2 Å². The van der Waals surface area contributed by atoms with Crippen LogP contribution >= 0.6 is 11.3 Å². The largest absolute Gasteiger partial charge is 0.452 e. The third-order valence-corrected chi connectivity index (χ3v) is 5.24. The fourth-order valence-electron chi connectivity index (χ4n) is 3.05. The molecule has 0 saturated carbocycles. The van der Waals surface area contributed by atoms with Crippen LogP contribution in [0.2, 0.25) is 0 Å². The number of esters is 1. The Morgan fingerprint density at radius 2 is 2.11 bits per heavy atom. The minimum atomic E-state index is -0.665. The highest BCUT2D eigenvalue weighted by molar-refractivity contribution is 7.13. The Morgan fingerprint density at radius 1 is 1.29 bits per heavy atom. The van der Waals surface area contributed by atoms with Gasteiger partial charge < -0.3 is 14.1 Å². The first-order chi connectivity index (χ1) is 13.6. The number of carbonyl (C=O) groups is 1. The number of hydrogen-bond acceptors (Lipinski definition) is 9. The molecule has 0 atom stereocenters. The molecule has 0 amide bonds. The molecule has 0 bridgehead atoms. The zero-order valence-corrected chi connectivity index (χ0v) is 15.6. The molecule has 1 aliphatic rings. The zero-order chi connectivity index (χ0) is 19.5. The molecule has 3 heterocycles. The second-order valence-corrected chi connectivity index (χ2v) is 7.15. The Labute approximate surface area is 163 Å². The molecule has 1 aliphatic heterocycles. The van der Waals surface area contributed by atoms with Gasteiger partial charge in [0.1, 0.15) is 0 Å². The molecule has 4 rings (SSSR count). The molecule has 3 aromatic rings. The van der Waals surface area contributed by atoms with Crippen LogP contribution in [0.4, 0.5) is 11.4 Å². The number of rotatable bonds is 6. The van der Waals surface area contributed by atoms with Crippen molar-refractivity contribution >= 4 is 28.7 Å². The summed E-state index contributed by atoms with van der Waals surface area (Å²) in [7, 11) is 0. The van der Waals surface area contributed by atoms with E-state index >= 15 is 0 Å². The topological polar surface area (TPSA) is 112 Å². The fourth-order valence-corrected chi connectivity index (χ4v) is 3.70. The first-order valence-electron chi connectivity index (χ1n) is 8.68. The van der Waals surface area contributed by atoms with Gasteiger partial charge in [0.15, 0.2) is 6.61 Å². The lowest BCUT2D eigenvalue weighted by atomic mass is 10.1. The first-order valence-corrected chi connectivity index (χ1v) is 9.56. The summed E-state index contributed by atoms with van der Waals surface area (Å²) >= 11 is 1.46. The van der Waals surface area contributed by atoms with E-state index in [4.69, 9.17) is 9.15 Å². The van der Waals surface area contributed by atoms with Crippen LogP contribution in [0.25, 0.3) is 10.8 Å². The lowest BCUT2D eigenvalue weighted by Gasteiger charge is -2.20. The van der Waals surface area contributed by atoms with E-state index in [0.29, 0.717) is 11.6 Å². The van der Waals surface area contributed by atoms with E-state index < -0.39 is 10.9 Å². The molecule has 0 unspecified atom stereocenters. The average Bonchev–Trinajstić information content (AvgIpc) is 3.47. The predicted molar refractivity (Wildman–Crippen MR) is 101 cm³/mol. The van der Waals surface area contributed by atoms with E-state index in [1.807, 2.05) is 22.4 Å². The number of nitro benzene ring substituents is 1. The van der Waals surface area contributed by atoms with E-state index in [-0.39, 0.29) is 23.7 Å². The normalized spacial score (nSPS) is 13.6. The number of nitrogens with zero attached hydrogens (tertiary/aromatic N) is 4. The van der Waals surface area contributed by atoms with Crippen LogP contribution in [0.1, 0.15) is 29.1 Å². The predicted octanol–water partition coefficient (Wildman–Crippen LogP) is 3.66. The van der Waals surface area contributed by atoms with Gasteiger partial charge in [0.25, 0.3) is 17.5 Å². The third-order valence-electron chi connectivity index (χ3n) is 4.38. The van der Waals surface area contributed by atoms with E-state index in [2.05, 4.69) is 10.2 Å². The fraction of sp³-hybridized carbons (Fsp3) is 0.278. The first kappa shape index (κ1) is 18.1. The summed E-state index contributed by atoms with van der Waals surface area (Å²) in [6, 6.07) is 7.96. The number of ether oxygens (including phenoxy) is 1. The van der Waals surface area contributed by atoms with Crippen molar-refractivity contribution in [3.05, 3.63) is 57.3 Å². The Balaban J connectivity index is 1.52. The molecule has 144 valence electrons. The maximum absolute atomic E-state index is 12.6. The summed E-state index contributed by atoms with van der Waals surface area (Å²) in [5.41, 5.74) is 0.639. The Bertz CT molecular complexity index is 995. The van der Waals surface area contributed by atoms with Crippen molar-refractivity contribution in [2.75, 3.05) is 18.0 Å². The summed E-state index contributed by atoms with van der Waals surface area (Å²) in [5.74, 6) is -0.152. The number of aromatic nitrogens is 2. The van der Waals surface area contributed by atoms with E-state index in [9.17, 15) is 14.9 Å². The molecule has 0 spiro atoms. The highest BCUT2D eigenvalue weighted by atomic mass is 32.1. The molecule has 2 aromatic heterocycles. The molecule has 9 nitrogen and oxygen atoms in total. The van der Waals surface area contributed by atoms with Gasteiger partial charge in [-0.1, -0.05) is 6.07 Å². The second-order valence-electron chi connectivity index (χ2n) is 6.21. The van der Waals surface area contributed by atoms with Gasteiger partial charge in [-0.15, -0.1) is 21.5 Å². The van der Waals surface area contributed by atoms with Crippen LogP contribution in [0.3, 0.4) is 0 Å². The Morgan fingerprint density at radius 3 is 2.82 bits per heavy atom. The van der Waals surface area contributed by atoms with Crippen LogP contribution in [0, 0.1) is 10.1 Å². The van der Waals surface area contributed by atoms with Gasteiger partial charge in [0.05, 0.1) is 21.1 Å². The van der Waals surface area contributed by atoms with Crippen LogP contribution in [0.15, 0.2) is 40.1 Å². The Kier molecular flexibility index (Phi) is 5.02. The SMILES string of the molecule is O=C(OCc1nnc(-c2cccs2)o1)c1cc([N+](=O)[O-])ccc1N1CCCC1. The highest BCUT2D eigenvalue weighted by Crippen LogP contribution is 2.29. The van der Waals surface area contributed by atoms with Crippen molar-refractivity contribution < 1.29 is 18.9 Å². The number of thiophene rings is 1. The van der Waals surface area contributed by atoms with E-state index in [1.54, 1.807) is 6.07 Å². The quantitative estimate of drug-likeness (QED) is 0.350. The van der Waals surface area contributed by atoms with E-state index in [1.165, 1.54) is 23.5 Å². The number of hydrogen-bond donors (Lipinski definition) is 0. The molecule has 0 aliphatic carbocycles. The summed E-state index contributed by atoms with van der Waals surface area (Å²) in [5, 5.41) is 20.8. The lowest BCUT2D eigenvalue weighted by molar-refractivity contribution is -0.384. The minimum absolute atomic E-state index is 0.157. The summed E-state index contributed by atoms with van der Waals surface area (Å²) in [6.07, 6.45) is 2.03. The van der Waals surface area contributed by atoms with Gasteiger partial charge in [-0.3, -0.25) is 10.1 Å². The van der Waals surface area contributed by atoms with Gasteiger partial charge >= 0.3 is 5.97 Å². The second kappa shape index (κ2) is 7.77. The van der Waals surface area contributed by atoms with Gasteiger partial charge in [-0.05, 0) is 30.4 Å². The number of benzene rings is 1. The van der Waals surface area contributed by atoms with Gasteiger partial charge in [-0.2, -0.15) is 0 Å². The Hall–Kier alpha value is -3.27. The molecular formula is C18H16N4O5S. The molecule has 10 heteroatoms. The smallest absolute Gasteiger partial charge is 0.341 e. The van der Waals surface area contributed by atoms with Crippen LogP contribution in [-0.4, -0.2) is 34.2 Å². The van der Waals surface area contributed by atoms with Crippen molar-refractivity contribution in [2.24, 2.45) is 0 Å². The highest BCUT2D eigenvalue weighted by Gasteiger charge is 2.24. The summed E-state index contributed by atoms with van der Waals surface area (Å²) in [6.45, 7) is 1.39. The molecule has 0 N–H and O–H groups in total. The number of anilines is 1. The van der Waals surface area contributed by atoms with Gasteiger partial charge in [0, 0.05) is 25.2 Å². The minimum Gasteiger partial charge on any atom is -0.452 e. The molecule has 1 saturated heterocycles. The number of nitro groups is 1. The van der Waals surface area contributed by atoms with Crippen LogP contribution < -0.4 is 4.90 Å². The summed E-state index contributed by atoms with van der Waals surface area (Å²) in [4.78, 5) is 26.1. The van der Waals surface area contributed by atoms with Crippen molar-refractivity contribution in [1.29, 1.82) is 0 Å².